The molecule has 1 atom stereocenters. The fourth-order valence-corrected chi connectivity index (χ4v) is 1.09. The summed E-state index contributed by atoms with van der Waals surface area (Å²) in [5.74, 6) is -1.06. The van der Waals surface area contributed by atoms with Crippen LogP contribution in [0.2, 0.25) is 0 Å². The van der Waals surface area contributed by atoms with Gasteiger partial charge in [0.1, 0.15) is 6.04 Å². The number of carbonyl (C=O) groups is 2. The van der Waals surface area contributed by atoms with Crippen molar-refractivity contribution in [2.45, 2.75) is 12.5 Å². The number of carbonyl (C=O) groups excluding carboxylic acids is 1. The van der Waals surface area contributed by atoms with Crippen molar-refractivity contribution in [3.8, 4) is 0 Å². The molecule has 1 amide bonds. The Bertz CT molecular complexity index is 334. The van der Waals surface area contributed by atoms with Gasteiger partial charge in [-0.2, -0.15) is 0 Å². The van der Waals surface area contributed by atoms with Gasteiger partial charge in [-0.1, -0.05) is 0 Å². The number of hydrogen-bond acceptors (Lipinski definition) is 3. The summed E-state index contributed by atoms with van der Waals surface area (Å²) in [5.41, 5.74) is 0.756. The zero-order valence-corrected chi connectivity index (χ0v) is 7.67. The molecule has 0 aromatic carbocycles. The number of aliphatic carboxylic acids is 1. The van der Waals surface area contributed by atoms with E-state index in [4.69, 9.17) is 5.11 Å². The van der Waals surface area contributed by atoms with E-state index in [9.17, 15) is 9.59 Å². The van der Waals surface area contributed by atoms with E-state index < -0.39 is 12.0 Å². The Hall–Kier alpha value is -1.85. The smallest absolute Gasteiger partial charge is 0.326 e. The first kappa shape index (κ1) is 10.2. The lowest BCUT2D eigenvalue weighted by Gasteiger charge is -2.10. The maximum Gasteiger partial charge on any atom is 0.326 e. The summed E-state index contributed by atoms with van der Waals surface area (Å²) in [5, 5.41) is 11.0. The maximum atomic E-state index is 10.7. The number of rotatable bonds is 5. The highest BCUT2D eigenvalue weighted by molar-refractivity contribution is 5.76. The van der Waals surface area contributed by atoms with E-state index in [1.165, 1.54) is 0 Å². The quantitative estimate of drug-likeness (QED) is 0.603. The molecule has 14 heavy (non-hydrogen) atoms. The standard InChI is InChI=1S/C8H11N3O3/c1-11-4-9-3-6(11)2-7(8(13)14)10-5-12/h3-5,7H,2H2,1H3,(H,10,12)(H,13,14). The zero-order chi connectivity index (χ0) is 10.6. The van der Waals surface area contributed by atoms with Crippen LogP contribution in [0.1, 0.15) is 5.69 Å². The third kappa shape index (κ3) is 2.32. The second-order valence-corrected chi connectivity index (χ2v) is 2.88. The number of nitrogens with one attached hydrogen (secondary N) is 1. The molecule has 0 spiro atoms. The predicted octanol–water partition coefficient (Wildman–Crippen LogP) is -0.838. The van der Waals surface area contributed by atoms with Gasteiger partial charge in [-0.25, -0.2) is 9.78 Å². The molecule has 2 N–H and O–H groups in total. The number of carboxylic acid groups (broad SMARTS) is 1. The molecule has 1 rings (SSSR count). The number of amides is 1. The summed E-state index contributed by atoms with van der Waals surface area (Å²) in [6.07, 6.45) is 3.76. The van der Waals surface area contributed by atoms with Gasteiger partial charge in [0.2, 0.25) is 6.41 Å². The van der Waals surface area contributed by atoms with Crippen LogP contribution in [0, 0.1) is 0 Å². The van der Waals surface area contributed by atoms with E-state index in [0.717, 1.165) is 5.69 Å². The van der Waals surface area contributed by atoms with E-state index in [-0.39, 0.29) is 6.42 Å². The van der Waals surface area contributed by atoms with E-state index in [1.54, 1.807) is 24.1 Å². The molecular formula is C8H11N3O3. The van der Waals surface area contributed by atoms with Gasteiger partial charge < -0.3 is 15.0 Å². The molecule has 0 aliphatic rings. The summed E-state index contributed by atoms with van der Waals surface area (Å²) in [4.78, 5) is 24.7. The van der Waals surface area contributed by atoms with Crippen LogP contribution in [0.3, 0.4) is 0 Å². The largest absolute Gasteiger partial charge is 0.480 e. The average molecular weight is 197 g/mol. The molecule has 6 heteroatoms. The van der Waals surface area contributed by atoms with Gasteiger partial charge in [0.15, 0.2) is 0 Å². The lowest BCUT2D eigenvalue weighted by molar-refractivity contribution is -0.140. The first-order valence-corrected chi connectivity index (χ1v) is 4.03. The molecule has 0 radical (unpaired) electrons. The van der Waals surface area contributed by atoms with Crippen LogP contribution in [0.25, 0.3) is 0 Å². The second kappa shape index (κ2) is 4.40. The zero-order valence-electron chi connectivity index (χ0n) is 7.67. The topological polar surface area (TPSA) is 84.2 Å². The molecule has 1 aromatic rings. The molecule has 0 saturated carbocycles. The van der Waals surface area contributed by atoms with Gasteiger partial charge in [-0.05, 0) is 0 Å². The van der Waals surface area contributed by atoms with Crippen LogP contribution in [-0.4, -0.2) is 33.1 Å². The van der Waals surface area contributed by atoms with Gasteiger partial charge in [0.25, 0.3) is 0 Å². The summed E-state index contributed by atoms with van der Waals surface area (Å²) >= 11 is 0. The summed E-state index contributed by atoms with van der Waals surface area (Å²) in [6.45, 7) is 0. The van der Waals surface area contributed by atoms with Crippen LogP contribution in [0.15, 0.2) is 12.5 Å². The minimum absolute atomic E-state index is 0.227. The summed E-state index contributed by atoms with van der Waals surface area (Å²) in [6, 6.07) is -0.900. The van der Waals surface area contributed by atoms with Gasteiger partial charge in [0.05, 0.1) is 6.33 Å². The van der Waals surface area contributed by atoms with Crippen LogP contribution in [0.4, 0.5) is 0 Å². The number of imidazole rings is 1. The maximum absolute atomic E-state index is 10.7. The van der Waals surface area contributed by atoms with Crippen molar-refractivity contribution in [3.05, 3.63) is 18.2 Å². The molecule has 76 valence electrons. The van der Waals surface area contributed by atoms with Crippen molar-refractivity contribution in [3.63, 3.8) is 0 Å². The summed E-state index contributed by atoms with van der Waals surface area (Å²) in [7, 11) is 1.77. The Morgan fingerprint density at radius 1 is 1.86 bits per heavy atom. The fraction of sp³-hybridized carbons (Fsp3) is 0.375. The van der Waals surface area contributed by atoms with Crippen LogP contribution in [-0.2, 0) is 23.1 Å². The Balaban J connectivity index is 2.69. The molecule has 1 heterocycles. The number of aromatic nitrogens is 2. The highest BCUT2D eigenvalue weighted by Gasteiger charge is 2.17. The van der Waals surface area contributed by atoms with E-state index in [2.05, 4.69) is 10.3 Å². The van der Waals surface area contributed by atoms with Crippen molar-refractivity contribution < 1.29 is 14.7 Å². The molecule has 0 aliphatic heterocycles. The number of hydrogen-bond donors (Lipinski definition) is 2. The third-order valence-corrected chi connectivity index (χ3v) is 1.90. The molecular weight excluding hydrogens is 186 g/mol. The van der Waals surface area contributed by atoms with Gasteiger partial charge >= 0.3 is 5.97 Å². The normalized spacial score (nSPS) is 12.1. The minimum Gasteiger partial charge on any atom is -0.480 e. The van der Waals surface area contributed by atoms with Crippen molar-refractivity contribution >= 4 is 12.4 Å². The van der Waals surface area contributed by atoms with Gasteiger partial charge in [-0.3, -0.25) is 4.79 Å². The molecule has 1 unspecified atom stereocenters. The Kier molecular flexibility index (Phi) is 3.22. The monoisotopic (exact) mass is 197 g/mol. The predicted molar refractivity (Wildman–Crippen MR) is 47.5 cm³/mol. The van der Waals surface area contributed by atoms with Crippen LogP contribution < -0.4 is 5.32 Å². The Labute approximate surface area is 80.6 Å². The van der Waals surface area contributed by atoms with Crippen molar-refractivity contribution in [2.75, 3.05) is 0 Å². The van der Waals surface area contributed by atoms with E-state index in [1.807, 2.05) is 0 Å². The second-order valence-electron chi connectivity index (χ2n) is 2.88. The third-order valence-electron chi connectivity index (χ3n) is 1.90. The number of carboxylic acids is 1. The first-order chi connectivity index (χ1) is 6.65. The van der Waals surface area contributed by atoms with Crippen LogP contribution >= 0.6 is 0 Å². The lowest BCUT2D eigenvalue weighted by atomic mass is 10.1. The SMILES string of the molecule is Cn1cncc1CC(NC=O)C(=O)O. The van der Waals surface area contributed by atoms with E-state index >= 15 is 0 Å². The average Bonchev–Trinajstić information content (AvgIpc) is 2.51. The highest BCUT2D eigenvalue weighted by atomic mass is 16.4. The number of nitrogens with zero attached hydrogens (tertiary/aromatic N) is 2. The molecule has 0 fully saturated rings. The fourth-order valence-electron chi connectivity index (χ4n) is 1.09. The highest BCUT2D eigenvalue weighted by Crippen LogP contribution is 2.01. The first-order valence-electron chi connectivity index (χ1n) is 4.03. The van der Waals surface area contributed by atoms with Crippen LogP contribution in [0.5, 0.6) is 0 Å². The minimum atomic E-state index is -1.06. The van der Waals surface area contributed by atoms with Crippen molar-refractivity contribution in [1.29, 1.82) is 0 Å². The van der Waals surface area contributed by atoms with E-state index in [0.29, 0.717) is 6.41 Å². The molecule has 1 aromatic heterocycles. The molecule has 0 aliphatic carbocycles. The molecule has 0 bridgehead atoms. The number of aryl methyl sites for hydroxylation is 1. The molecule has 0 saturated heterocycles. The lowest BCUT2D eigenvalue weighted by Crippen LogP contribution is -2.38. The van der Waals surface area contributed by atoms with Crippen molar-refractivity contribution in [2.24, 2.45) is 7.05 Å². The Morgan fingerprint density at radius 3 is 3.00 bits per heavy atom. The molecule has 6 nitrogen and oxygen atoms in total. The Morgan fingerprint density at radius 2 is 2.57 bits per heavy atom. The van der Waals surface area contributed by atoms with Crippen molar-refractivity contribution in [1.82, 2.24) is 14.9 Å². The summed E-state index contributed by atoms with van der Waals surface area (Å²) < 4.78 is 1.71. The van der Waals surface area contributed by atoms with Gasteiger partial charge in [0, 0.05) is 25.4 Å². The van der Waals surface area contributed by atoms with Gasteiger partial charge in [-0.15, -0.1) is 0 Å².